The fourth-order valence-electron chi connectivity index (χ4n) is 2.55. The summed E-state index contributed by atoms with van der Waals surface area (Å²) in [7, 11) is -3.37. The third-order valence-corrected chi connectivity index (χ3v) is 5.85. The first-order chi connectivity index (χ1) is 8.48. The number of nitrogens with zero attached hydrogens (tertiary/aromatic N) is 1. The fourth-order valence-corrected chi connectivity index (χ4v) is 4.52. The van der Waals surface area contributed by atoms with Gasteiger partial charge in [-0.1, -0.05) is 12.1 Å². The Hall–Kier alpha value is -0.910. The summed E-state index contributed by atoms with van der Waals surface area (Å²) in [5.41, 5.74) is 7.30. The summed E-state index contributed by atoms with van der Waals surface area (Å²) in [6.45, 7) is 4.78. The summed E-state index contributed by atoms with van der Waals surface area (Å²) >= 11 is 0. The maximum absolute atomic E-state index is 12.6. The van der Waals surface area contributed by atoms with Crippen LogP contribution < -0.4 is 5.73 Å². The predicted molar refractivity (Wildman–Crippen MR) is 71.7 cm³/mol. The number of sulfonamides is 1. The lowest BCUT2D eigenvalue weighted by Crippen LogP contribution is -2.34. The van der Waals surface area contributed by atoms with E-state index in [1.165, 1.54) is 0 Å². The van der Waals surface area contributed by atoms with Gasteiger partial charge in [-0.05, 0) is 43.9 Å². The van der Waals surface area contributed by atoms with E-state index in [2.05, 4.69) is 0 Å². The summed E-state index contributed by atoms with van der Waals surface area (Å²) in [5, 5.41) is 0. The van der Waals surface area contributed by atoms with Crippen LogP contribution in [0.3, 0.4) is 0 Å². The molecule has 1 aromatic carbocycles. The van der Waals surface area contributed by atoms with Gasteiger partial charge in [-0.3, -0.25) is 0 Å². The number of nitrogens with two attached hydrogens (primary N) is 1. The molecule has 1 aromatic rings. The minimum absolute atomic E-state index is 0.0935. The molecule has 0 saturated carbocycles. The van der Waals surface area contributed by atoms with Crippen molar-refractivity contribution in [3.63, 3.8) is 0 Å². The Morgan fingerprint density at radius 2 is 2.17 bits per heavy atom. The highest BCUT2D eigenvalue weighted by Crippen LogP contribution is 2.28. The van der Waals surface area contributed by atoms with Gasteiger partial charge in [0.25, 0.3) is 0 Å². The largest absolute Gasteiger partial charge is 0.326 e. The van der Waals surface area contributed by atoms with E-state index in [4.69, 9.17) is 5.73 Å². The first-order valence-corrected chi connectivity index (χ1v) is 7.73. The molecule has 1 fully saturated rings. The van der Waals surface area contributed by atoms with Crippen LogP contribution in [0.4, 0.5) is 0 Å². The quantitative estimate of drug-likeness (QED) is 0.906. The van der Waals surface area contributed by atoms with Crippen LogP contribution in [0, 0.1) is 6.92 Å². The molecule has 1 unspecified atom stereocenters. The predicted octanol–water partition coefficient (Wildman–Crippen LogP) is 1.63. The van der Waals surface area contributed by atoms with Gasteiger partial charge in [0.1, 0.15) is 0 Å². The Morgan fingerprint density at radius 1 is 1.44 bits per heavy atom. The Morgan fingerprint density at radius 3 is 2.72 bits per heavy atom. The SMILES string of the molecule is Cc1c(CN)cccc1S(=O)(=O)N1CCCC1C. The van der Waals surface area contributed by atoms with Gasteiger partial charge >= 0.3 is 0 Å². The Kier molecular flexibility index (Phi) is 3.75. The zero-order valence-electron chi connectivity index (χ0n) is 10.9. The maximum atomic E-state index is 12.6. The highest BCUT2D eigenvalue weighted by Gasteiger charge is 2.33. The summed E-state index contributed by atoms with van der Waals surface area (Å²) < 4.78 is 26.8. The van der Waals surface area contributed by atoms with Gasteiger partial charge in [0.05, 0.1) is 4.90 Å². The van der Waals surface area contributed by atoms with Crippen molar-refractivity contribution in [3.8, 4) is 0 Å². The lowest BCUT2D eigenvalue weighted by Gasteiger charge is -2.22. The Bertz CT molecular complexity index is 540. The monoisotopic (exact) mass is 268 g/mol. The van der Waals surface area contributed by atoms with Crippen LogP contribution in [0.15, 0.2) is 23.1 Å². The van der Waals surface area contributed by atoms with Crippen LogP contribution in [0.5, 0.6) is 0 Å². The van der Waals surface area contributed by atoms with Crippen molar-refractivity contribution >= 4 is 10.0 Å². The van der Waals surface area contributed by atoms with Crippen LogP contribution in [-0.4, -0.2) is 25.3 Å². The first-order valence-electron chi connectivity index (χ1n) is 6.29. The van der Waals surface area contributed by atoms with Crippen LogP contribution in [0.1, 0.15) is 30.9 Å². The lowest BCUT2D eigenvalue weighted by atomic mass is 10.1. The smallest absolute Gasteiger partial charge is 0.243 e. The molecule has 1 heterocycles. The van der Waals surface area contributed by atoms with Gasteiger partial charge in [0, 0.05) is 19.1 Å². The number of hydrogen-bond acceptors (Lipinski definition) is 3. The average molecular weight is 268 g/mol. The molecule has 0 radical (unpaired) electrons. The molecule has 1 aliphatic heterocycles. The molecule has 18 heavy (non-hydrogen) atoms. The molecular weight excluding hydrogens is 248 g/mol. The standard InChI is InChI=1S/C13H20N2O2S/c1-10-5-4-8-15(10)18(16,17)13-7-3-6-12(9-14)11(13)2/h3,6-7,10H,4-5,8-9,14H2,1-2H3. The fraction of sp³-hybridized carbons (Fsp3) is 0.538. The molecule has 1 atom stereocenters. The third kappa shape index (κ3) is 2.18. The number of rotatable bonds is 3. The van der Waals surface area contributed by atoms with Crippen molar-refractivity contribution in [2.24, 2.45) is 5.73 Å². The van der Waals surface area contributed by atoms with Crippen molar-refractivity contribution in [3.05, 3.63) is 29.3 Å². The van der Waals surface area contributed by atoms with E-state index in [1.807, 2.05) is 19.9 Å². The maximum Gasteiger partial charge on any atom is 0.243 e. The van der Waals surface area contributed by atoms with E-state index in [0.717, 1.165) is 24.0 Å². The van der Waals surface area contributed by atoms with Crippen molar-refractivity contribution in [1.82, 2.24) is 4.31 Å². The van der Waals surface area contributed by atoms with Crippen molar-refractivity contribution in [1.29, 1.82) is 0 Å². The molecule has 0 aromatic heterocycles. The van der Waals surface area contributed by atoms with Crippen LogP contribution in [0.25, 0.3) is 0 Å². The minimum atomic E-state index is -3.37. The zero-order chi connectivity index (χ0) is 13.3. The summed E-state index contributed by atoms with van der Waals surface area (Å²) in [4.78, 5) is 0.402. The second-order valence-electron chi connectivity index (χ2n) is 4.85. The molecule has 5 heteroatoms. The van der Waals surface area contributed by atoms with Gasteiger partial charge in [0.15, 0.2) is 0 Å². The van der Waals surface area contributed by atoms with E-state index in [0.29, 0.717) is 18.0 Å². The molecule has 0 amide bonds. The van der Waals surface area contributed by atoms with Gasteiger partial charge in [0.2, 0.25) is 10.0 Å². The molecule has 2 rings (SSSR count). The Labute approximate surface area is 109 Å². The van der Waals surface area contributed by atoms with Crippen molar-refractivity contribution in [2.75, 3.05) is 6.54 Å². The Balaban J connectivity index is 2.48. The molecule has 2 N–H and O–H groups in total. The van der Waals surface area contributed by atoms with E-state index < -0.39 is 10.0 Å². The summed E-state index contributed by atoms with van der Waals surface area (Å²) in [6, 6.07) is 5.41. The van der Waals surface area contributed by atoms with Crippen molar-refractivity contribution < 1.29 is 8.42 Å². The van der Waals surface area contributed by atoms with Crippen molar-refractivity contribution in [2.45, 2.75) is 44.2 Å². The molecule has 1 saturated heterocycles. The topological polar surface area (TPSA) is 63.4 Å². The summed E-state index contributed by atoms with van der Waals surface area (Å²) in [5.74, 6) is 0. The van der Waals surface area contributed by atoms with E-state index >= 15 is 0 Å². The zero-order valence-corrected chi connectivity index (χ0v) is 11.7. The molecule has 0 aliphatic carbocycles. The molecule has 0 spiro atoms. The second kappa shape index (κ2) is 4.99. The molecule has 1 aliphatic rings. The first kappa shape index (κ1) is 13.5. The molecule has 100 valence electrons. The highest BCUT2D eigenvalue weighted by atomic mass is 32.2. The van der Waals surface area contributed by atoms with E-state index in [1.54, 1.807) is 16.4 Å². The minimum Gasteiger partial charge on any atom is -0.326 e. The highest BCUT2D eigenvalue weighted by molar-refractivity contribution is 7.89. The second-order valence-corrected chi connectivity index (χ2v) is 6.71. The molecule has 4 nitrogen and oxygen atoms in total. The number of benzene rings is 1. The van der Waals surface area contributed by atoms with E-state index in [-0.39, 0.29) is 6.04 Å². The average Bonchev–Trinajstić information content (AvgIpc) is 2.76. The van der Waals surface area contributed by atoms with Crippen LogP contribution in [0.2, 0.25) is 0 Å². The normalized spacial score (nSPS) is 21.4. The molecular formula is C13H20N2O2S. The van der Waals surface area contributed by atoms with Crippen LogP contribution in [-0.2, 0) is 16.6 Å². The van der Waals surface area contributed by atoms with Gasteiger partial charge in [-0.15, -0.1) is 0 Å². The third-order valence-electron chi connectivity index (χ3n) is 3.69. The van der Waals surface area contributed by atoms with Gasteiger partial charge in [-0.25, -0.2) is 8.42 Å². The van der Waals surface area contributed by atoms with Gasteiger partial charge < -0.3 is 5.73 Å². The lowest BCUT2D eigenvalue weighted by molar-refractivity contribution is 0.408. The van der Waals surface area contributed by atoms with E-state index in [9.17, 15) is 8.42 Å². The summed E-state index contributed by atoms with van der Waals surface area (Å²) in [6.07, 6.45) is 1.88. The van der Waals surface area contributed by atoms with Gasteiger partial charge in [-0.2, -0.15) is 4.31 Å². The van der Waals surface area contributed by atoms with Crippen LogP contribution >= 0.6 is 0 Å². The molecule has 0 bridgehead atoms. The number of hydrogen-bond donors (Lipinski definition) is 1.